The molecule has 1 saturated heterocycles. The second-order valence-corrected chi connectivity index (χ2v) is 7.00. The second kappa shape index (κ2) is 8.22. The number of pyridine rings is 1. The summed E-state index contributed by atoms with van der Waals surface area (Å²) in [6, 6.07) is 16.4. The smallest absolute Gasteiger partial charge is 0.160 e. The first-order chi connectivity index (χ1) is 13.7. The normalized spacial score (nSPS) is 14.8. The second-order valence-electron chi connectivity index (χ2n) is 7.00. The molecule has 0 spiro atoms. The van der Waals surface area contributed by atoms with Crippen LogP contribution in [0.2, 0.25) is 0 Å². The SMILES string of the molecule is Cc1cccc(Nc2ncnc(N3CCN(Cc4ccccc4)CC3)c2N)n1. The van der Waals surface area contributed by atoms with Crippen molar-refractivity contribution in [1.82, 2.24) is 19.9 Å². The van der Waals surface area contributed by atoms with Crippen LogP contribution in [0.4, 0.5) is 23.1 Å². The van der Waals surface area contributed by atoms with Gasteiger partial charge >= 0.3 is 0 Å². The van der Waals surface area contributed by atoms with Gasteiger partial charge in [0.05, 0.1) is 0 Å². The number of piperazine rings is 1. The molecule has 144 valence electrons. The lowest BCUT2D eigenvalue weighted by Crippen LogP contribution is -2.46. The molecule has 0 bridgehead atoms. The topological polar surface area (TPSA) is 83.2 Å². The first-order valence-corrected chi connectivity index (χ1v) is 9.51. The number of aromatic nitrogens is 3. The molecule has 4 rings (SSSR count). The summed E-state index contributed by atoms with van der Waals surface area (Å²) in [6.07, 6.45) is 1.56. The van der Waals surface area contributed by atoms with Gasteiger partial charge in [0, 0.05) is 38.4 Å². The first-order valence-electron chi connectivity index (χ1n) is 9.51. The van der Waals surface area contributed by atoms with Crippen molar-refractivity contribution in [2.75, 3.05) is 42.1 Å². The Kier molecular flexibility index (Phi) is 5.34. The Bertz CT molecular complexity index is 921. The van der Waals surface area contributed by atoms with Crippen LogP contribution in [0.1, 0.15) is 11.3 Å². The van der Waals surface area contributed by atoms with Crippen molar-refractivity contribution in [3.8, 4) is 0 Å². The average molecular weight is 375 g/mol. The molecule has 0 saturated carbocycles. The number of benzene rings is 1. The summed E-state index contributed by atoms with van der Waals surface area (Å²) >= 11 is 0. The monoisotopic (exact) mass is 375 g/mol. The molecule has 3 aromatic rings. The van der Waals surface area contributed by atoms with Gasteiger partial charge in [-0.1, -0.05) is 36.4 Å². The molecule has 3 heterocycles. The Morgan fingerprint density at radius 2 is 1.75 bits per heavy atom. The highest BCUT2D eigenvalue weighted by molar-refractivity contribution is 5.77. The quantitative estimate of drug-likeness (QED) is 0.709. The van der Waals surface area contributed by atoms with E-state index in [4.69, 9.17) is 5.73 Å². The third-order valence-electron chi connectivity index (χ3n) is 4.92. The molecule has 2 aromatic heterocycles. The van der Waals surface area contributed by atoms with Crippen LogP contribution in [0.25, 0.3) is 0 Å². The van der Waals surface area contributed by atoms with E-state index in [1.54, 1.807) is 6.33 Å². The Hall–Kier alpha value is -3.19. The molecule has 0 unspecified atom stereocenters. The number of hydrogen-bond donors (Lipinski definition) is 2. The zero-order valence-corrected chi connectivity index (χ0v) is 16.0. The van der Waals surface area contributed by atoms with E-state index in [9.17, 15) is 0 Å². The van der Waals surface area contributed by atoms with Gasteiger partial charge < -0.3 is 16.0 Å². The summed E-state index contributed by atoms with van der Waals surface area (Å²) < 4.78 is 0. The van der Waals surface area contributed by atoms with Crippen molar-refractivity contribution in [1.29, 1.82) is 0 Å². The van der Waals surface area contributed by atoms with E-state index >= 15 is 0 Å². The fourth-order valence-electron chi connectivity index (χ4n) is 3.43. The van der Waals surface area contributed by atoms with Crippen LogP contribution < -0.4 is 16.0 Å². The van der Waals surface area contributed by atoms with Crippen LogP contribution in [0.15, 0.2) is 54.9 Å². The van der Waals surface area contributed by atoms with Gasteiger partial charge in [-0.05, 0) is 24.6 Å². The maximum Gasteiger partial charge on any atom is 0.160 e. The Labute approximate surface area is 165 Å². The highest BCUT2D eigenvalue weighted by Crippen LogP contribution is 2.28. The summed E-state index contributed by atoms with van der Waals surface area (Å²) in [5, 5.41) is 3.21. The summed E-state index contributed by atoms with van der Waals surface area (Å²) in [5.41, 5.74) is 9.23. The van der Waals surface area contributed by atoms with Crippen LogP contribution in [-0.2, 0) is 6.54 Å². The highest BCUT2D eigenvalue weighted by atomic mass is 15.3. The van der Waals surface area contributed by atoms with Crippen molar-refractivity contribution in [3.63, 3.8) is 0 Å². The van der Waals surface area contributed by atoms with E-state index in [1.165, 1.54) is 5.56 Å². The van der Waals surface area contributed by atoms with Crippen molar-refractivity contribution < 1.29 is 0 Å². The number of aryl methyl sites for hydroxylation is 1. The molecule has 1 aliphatic rings. The minimum Gasteiger partial charge on any atom is -0.393 e. The van der Waals surface area contributed by atoms with Gasteiger partial charge in [0.2, 0.25) is 0 Å². The van der Waals surface area contributed by atoms with Crippen LogP contribution in [0.5, 0.6) is 0 Å². The molecule has 7 nitrogen and oxygen atoms in total. The van der Waals surface area contributed by atoms with Gasteiger partial charge in [-0.15, -0.1) is 0 Å². The van der Waals surface area contributed by atoms with E-state index in [1.807, 2.05) is 25.1 Å². The van der Waals surface area contributed by atoms with Gasteiger partial charge in [-0.3, -0.25) is 4.90 Å². The fraction of sp³-hybridized carbons (Fsp3) is 0.286. The van der Waals surface area contributed by atoms with Crippen molar-refractivity contribution in [3.05, 3.63) is 66.1 Å². The van der Waals surface area contributed by atoms with Gasteiger partial charge in [-0.25, -0.2) is 15.0 Å². The molecule has 28 heavy (non-hydrogen) atoms. The van der Waals surface area contributed by atoms with E-state index in [2.05, 4.69) is 60.4 Å². The van der Waals surface area contributed by atoms with E-state index in [0.717, 1.165) is 50.1 Å². The third kappa shape index (κ3) is 4.20. The standard InChI is InChI=1S/C21H25N7/c1-16-6-5-9-18(25-16)26-20-19(22)21(24-15-23-20)28-12-10-27(11-13-28)14-17-7-3-2-4-8-17/h2-9,15H,10-14,22H2,1H3,(H,23,24,25,26). The maximum absolute atomic E-state index is 6.39. The molecule has 3 N–H and O–H groups in total. The lowest BCUT2D eigenvalue weighted by molar-refractivity contribution is 0.249. The van der Waals surface area contributed by atoms with Gasteiger partial charge in [0.15, 0.2) is 11.6 Å². The first kappa shape index (κ1) is 18.2. The molecule has 0 amide bonds. The number of nitrogen functional groups attached to an aromatic ring is 1. The Morgan fingerprint density at radius 1 is 0.964 bits per heavy atom. The van der Waals surface area contributed by atoms with Crippen LogP contribution >= 0.6 is 0 Å². The number of nitrogens with one attached hydrogen (secondary N) is 1. The molecule has 0 atom stereocenters. The van der Waals surface area contributed by atoms with Gasteiger partial charge in [0.25, 0.3) is 0 Å². The van der Waals surface area contributed by atoms with Crippen molar-refractivity contribution in [2.24, 2.45) is 0 Å². The number of anilines is 4. The summed E-state index contributed by atoms with van der Waals surface area (Å²) in [7, 11) is 0. The molecule has 7 heteroatoms. The fourth-order valence-corrected chi connectivity index (χ4v) is 3.43. The predicted octanol–water partition coefficient (Wildman–Crippen LogP) is 2.83. The van der Waals surface area contributed by atoms with E-state index < -0.39 is 0 Å². The van der Waals surface area contributed by atoms with Crippen molar-refractivity contribution in [2.45, 2.75) is 13.5 Å². The van der Waals surface area contributed by atoms with Gasteiger partial charge in [0.1, 0.15) is 17.8 Å². The Balaban J connectivity index is 1.42. The lowest BCUT2D eigenvalue weighted by atomic mass is 10.2. The summed E-state index contributed by atoms with van der Waals surface area (Å²) in [4.78, 5) is 17.9. The van der Waals surface area contributed by atoms with E-state index in [0.29, 0.717) is 11.5 Å². The minimum atomic E-state index is 0.558. The molecule has 1 aromatic carbocycles. The van der Waals surface area contributed by atoms with Gasteiger partial charge in [-0.2, -0.15) is 0 Å². The van der Waals surface area contributed by atoms with E-state index in [-0.39, 0.29) is 0 Å². The van der Waals surface area contributed by atoms with Crippen LogP contribution in [0, 0.1) is 6.92 Å². The molecule has 0 aliphatic carbocycles. The molecular weight excluding hydrogens is 350 g/mol. The number of nitrogens with two attached hydrogens (primary N) is 1. The molecule has 0 radical (unpaired) electrons. The zero-order valence-electron chi connectivity index (χ0n) is 16.0. The lowest BCUT2D eigenvalue weighted by Gasteiger charge is -2.36. The number of hydrogen-bond acceptors (Lipinski definition) is 7. The van der Waals surface area contributed by atoms with Crippen LogP contribution in [-0.4, -0.2) is 46.0 Å². The average Bonchev–Trinajstić information content (AvgIpc) is 2.71. The largest absolute Gasteiger partial charge is 0.393 e. The summed E-state index contributed by atoms with van der Waals surface area (Å²) in [5.74, 6) is 2.10. The molecule has 1 aliphatic heterocycles. The minimum absolute atomic E-state index is 0.558. The summed E-state index contributed by atoms with van der Waals surface area (Å²) in [6.45, 7) is 6.64. The number of nitrogens with zero attached hydrogens (tertiary/aromatic N) is 5. The predicted molar refractivity (Wildman–Crippen MR) is 113 cm³/mol. The number of rotatable bonds is 5. The third-order valence-corrected chi connectivity index (χ3v) is 4.92. The maximum atomic E-state index is 6.39. The Morgan fingerprint density at radius 3 is 2.50 bits per heavy atom. The molecular formula is C21H25N7. The molecule has 1 fully saturated rings. The van der Waals surface area contributed by atoms with Crippen molar-refractivity contribution >= 4 is 23.1 Å². The highest BCUT2D eigenvalue weighted by Gasteiger charge is 2.21. The van der Waals surface area contributed by atoms with Crippen LogP contribution in [0.3, 0.4) is 0 Å². The zero-order chi connectivity index (χ0) is 19.3.